The highest BCUT2D eigenvalue weighted by atomic mass is 32.2. The SMILES string of the molecule is CS/C=C/C(NC(=O)N1CCC(C2CC2)C1)C1CC1. The highest BCUT2D eigenvalue weighted by Gasteiger charge is 2.38. The maximum absolute atomic E-state index is 12.3. The molecule has 1 heterocycles. The number of amides is 2. The van der Waals surface area contributed by atoms with Gasteiger partial charge in [0.2, 0.25) is 0 Å². The lowest BCUT2D eigenvalue weighted by Crippen LogP contribution is -2.44. The molecule has 0 aromatic rings. The maximum Gasteiger partial charge on any atom is 0.317 e. The maximum atomic E-state index is 12.3. The third-order valence-electron chi connectivity index (χ3n) is 4.64. The fraction of sp³-hybridized carbons (Fsp3) is 0.800. The zero-order chi connectivity index (χ0) is 13.2. The minimum Gasteiger partial charge on any atom is -0.331 e. The van der Waals surface area contributed by atoms with E-state index < -0.39 is 0 Å². The predicted octanol–water partition coefficient (Wildman–Crippen LogP) is 3.08. The number of hydrogen-bond acceptors (Lipinski definition) is 2. The molecule has 0 bridgehead atoms. The quantitative estimate of drug-likeness (QED) is 0.839. The fourth-order valence-corrected chi connectivity index (χ4v) is 3.43. The molecule has 3 fully saturated rings. The summed E-state index contributed by atoms with van der Waals surface area (Å²) in [4.78, 5) is 14.3. The number of thioether (sulfide) groups is 1. The highest BCUT2D eigenvalue weighted by Crippen LogP contribution is 2.41. The lowest BCUT2D eigenvalue weighted by molar-refractivity contribution is 0.203. The van der Waals surface area contributed by atoms with E-state index in [0.29, 0.717) is 5.92 Å². The molecule has 3 rings (SSSR count). The second-order valence-corrected chi connectivity index (χ2v) is 6.95. The summed E-state index contributed by atoms with van der Waals surface area (Å²) in [5.74, 6) is 2.38. The van der Waals surface area contributed by atoms with E-state index in [2.05, 4.69) is 23.1 Å². The minimum atomic E-state index is 0.158. The Morgan fingerprint density at radius 1 is 1.26 bits per heavy atom. The molecule has 0 aromatic heterocycles. The zero-order valence-electron chi connectivity index (χ0n) is 11.7. The Morgan fingerprint density at radius 3 is 2.68 bits per heavy atom. The first kappa shape index (κ1) is 13.3. The summed E-state index contributed by atoms with van der Waals surface area (Å²) in [5, 5.41) is 5.32. The van der Waals surface area contributed by atoms with Crippen molar-refractivity contribution in [3.05, 3.63) is 11.5 Å². The smallest absolute Gasteiger partial charge is 0.317 e. The van der Waals surface area contributed by atoms with Crippen LogP contribution < -0.4 is 5.32 Å². The molecule has 2 atom stereocenters. The molecule has 4 heteroatoms. The normalized spacial score (nSPS) is 28.9. The van der Waals surface area contributed by atoms with Gasteiger partial charge < -0.3 is 10.2 Å². The molecule has 0 spiro atoms. The van der Waals surface area contributed by atoms with Crippen LogP contribution in [0.1, 0.15) is 32.1 Å². The fourth-order valence-electron chi connectivity index (χ4n) is 3.10. The van der Waals surface area contributed by atoms with Crippen LogP contribution in [-0.2, 0) is 0 Å². The number of urea groups is 1. The summed E-state index contributed by atoms with van der Waals surface area (Å²) < 4.78 is 0. The molecule has 0 radical (unpaired) electrons. The van der Waals surface area contributed by atoms with Crippen LogP contribution in [0.15, 0.2) is 11.5 Å². The number of nitrogens with one attached hydrogen (secondary N) is 1. The van der Waals surface area contributed by atoms with Crippen molar-refractivity contribution in [3.63, 3.8) is 0 Å². The van der Waals surface area contributed by atoms with Crippen LogP contribution in [0.2, 0.25) is 0 Å². The van der Waals surface area contributed by atoms with Crippen molar-refractivity contribution in [1.82, 2.24) is 10.2 Å². The predicted molar refractivity (Wildman–Crippen MR) is 80.1 cm³/mol. The van der Waals surface area contributed by atoms with Crippen molar-refractivity contribution in [3.8, 4) is 0 Å². The van der Waals surface area contributed by atoms with E-state index in [1.54, 1.807) is 11.8 Å². The van der Waals surface area contributed by atoms with Crippen LogP contribution in [0.4, 0.5) is 4.79 Å². The van der Waals surface area contributed by atoms with Crippen molar-refractivity contribution >= 4 is 17.8 Å². The summed E-state index contributed by atoms with van der Waals surface area (Å²) >= 11 is 1.70. The van der Waals surface area contributed by atoms with Crippen LogP contribution in [0.3, 0.4) is 0 Å². The Balaban J connectivity index is 1.50. The van der Waals surface area contributed by atoms with Gasteiger partial charge in [-0.1, -0.05) is 6.08 Å². The lowest BCUT2D eigenvalue weighted by atomic mass is 10.0. The van der Waals surface area contributed by atoms with Gasteiger partial charge in [0.25, 0.3) is 0 Å². The number of hydrogen-bond donors (Lipinski definition) is 1. The van der Waals surface area contributed by atoms with Crippen molar-refractivity contribution in [2.24, 2.45) is 17.8 Å². The molecule has 2 unspecified atom stereocenters. The van der Waals surface area contributed by atoms with Crippen LogP contribution >= 0.6 is 11.8 Å². The molecule has 1 N–H and O–H groups in total. The standard InChI is InChI=1S/C15H24N2OS/c1-19-9-7-14(12-4-5-12)16-15(18)17-8-6-13(10-17)11-2-3-11/h7,9,11-14H,2-6,8,10H2,1H3,(H,16,18)/b9-7+. The van der Waals surface area contributed by atoms with Gasteiger partial charge in [-0.25, -0.2) is 4.79 Å². The van der Waals surface area contributed by atoms with Gasteiger partial charge in [-0.3, -0.25) is 0 Å². The first-order chi connectivity index (χ1) is 9.28. The van der Waals surface area contributed by atoms with Crippen molar-refractivity contribution < 1.29 is 4.79 Å². The van der Waals surface area contributed by atoms with Crippen molar-refractivity contribution in [2.75, 3.05) is 19.3 Å². The number of rotatable bonds is 5. The monoisotopic (exact) mass is 280 g/mol. The zero-order valence-corrected chi connectivity index (χ0v) is 12.5. The van der Waals surface area contributed by atoms with Gasteiger partial charge in [0, 0.05) is 13.1 Å². The van der Waals surface area contributed by atoms with Gasteiger partial charge in [-0.2, -0.15) is 0 Å². The molecule has 3 aliphatic rings. The average molecular weight is 280 g/mol. The number of carbonyl (C=O) groups is 1. The van der Waals surface area contributed by atoms with Gasteiger partial charge in [-0.05, 0) is 61.5 Å². The summed E-state index contributed by atoms with van der Waals surface area (Å²) in [6.45, 7) is 1.94. The average Bonchev–Trinajstić information content (AvgIpc) is 3.33. The van der Waals surface area contributed by atoms with Crippen molar-refractivity contribution in [2.45, 2.75) is 38.1 Å². The second kappa shape index (κ2) is 5.78. The van der Waals surface area contributed by atoms with Gasteiger partial charge in [-0.15, -0.1) is 11.8 Å². The van der Waals surface area contributed by atoms with E-state index in [-0.39, 0.29) is 12.1 Å². The molecular weight excluding hydrogens is 256 g/mol. The van der Waals surface area contributed by atoms with Crippen LogP contribution in [0.5, 0.6) is 0 Å². The third-order valence-corrected chi connectivity index (χ3v) is 5.07. The molecule has 106 valence electrons. The molecule has 1 saturated heterocycles. The van der Waals surface area contributed by atoms with Gasteiger partial charge in [0.05, 0.1) is 6.04 Å². The highest BCUT2D eigenvalue weighted by molar-refractivity contribution is 8.01. The Bertz CT molecular complexity index is 363. The molecule has 2 aliphatic carbocycles. The molecule has 2 amide bonds. The van der Waals surface area contributed by atoms with Gasteiger partial charge in [0.15, 0.2) is 0 Å². The van der Waals surface area contributed by atoms with Crippen molar-refractivity contribution in [1.29, 1.82) is 0 Å². The minimum absolute atomic E-state index is 0.158. The summed E-state index contributed by atoms with van der Waals surface area (Å²) in [6.07, 6.45) is 10.7. The van der Waals surface area contributed by atoms with Gasteiger partial charge >= 0.3 is 6.03 Å². The van der Waals surface area contributed by atoms with E-state index >= 15 is 0 Å². The van der Waals surface area contributed by atoms with E-state index in [4.69, 9.17) is 0 Å². The topological polar surface area (TPSA) is 32.3 Å². The first-order valence-corrected chi connectivity index (χ1v) is 8.81. The third kappa shape index (κ3) is 3.47. The van der Waals surface area contributed by atoms with E-state index in [1.807, 2.05) is 4.90 Å². The molecular formula is C15H24N2OS. The summed E-state index contributed by atoms with van der Waals surface area (Å²) in [7, 11) is 0. The largest absolute Gasteiger partial charge is 0.331 e. The van der Waals surface area contributed by atoms with Crippen LogP contribution in [0.25, 0.3) is 0 Å². The summed E-state index contributed by atoms with van der Waals surface area (Å²) in [5.41, 5.74) is 0. The molecule has 1 aliphatic heterocycles. The Morgan fingerprint density at radius 2 is 2.05 bits per heavy atom. The first-order valence-electron chi connectivity index (χ1n) is 7.53. The van der Waals surface area contributed by atoms with E-state index in [0.717, 1.165) is 24.9 Å². The van der Waals surface area contributed by atoms with E-state index in [1.165, 1.54) is 32.1 Å². The number of nitrogens with zero attached hydrogens (tertiary/aromatic N) is 1. The van der Waals surface area contributed by atoms with Gasteiger partial charge in [0.1, 0.15) is 0 Å². The number of carbonyl (C=O) groups excluding carboxylic acids is 1. The lowest BCUT2D eigenvalue weighted by Gasteiger charge is -2.21. The van der Waals surface area contributed by atoms with E-state index in [9.17, 15) is 4.79 Å². The van der Waals surface area contributed by atoms with Crippen LogP contribution in [-0.4, -0.2) is 36.3 Å². The second-order valence-electron chi connectivity index (χ2n) is 6.21. The molecule has 19 heavy (non-hydrogen) atoms. The Hall–Kier alpha value is -0.640. The molecule has 0 aromatic carbocycles. The Labute approximate surface area is 120 Å². The summed E-state index contributed by atoms with van der Waals surface area (Å²) in [6, 6.07) is 0.408. The van der Waals surface area contributed by atoms with Crippen LogP contribution in [0, 0.1) is 17.8 Å². The Kier molecular flexibility index (Phi) is 4.06. The molecule has 3 nitrogen and oxygen atoms in total. The number of likely N-dealkylation sites (tertiary alicyclic amines) is 1. The molecule has 2 saturated carbocycles.